The first-order valence-corrected chi connectivity index (χ1v) is 7.25. The van der Waals surface area contributed by atoms with Crippen molar-refractivity contribution in [1.82, 2.24) is 4.90 Å². The first-order chi connectivity index (χ1) is 9.41. The molecular formula is C13H17BrF3N3. The highest BCUT2D eigenvalue weighted by molar-refractivity contribution is 9.10. The Morgan fingerprint density at radius 1 is 1.15 bits per heavy atom. The van der Waals surface area contributed by atoms with Crippen LogP contribution < -0.4 is 10.6 Å². The predicted molar refractivity (Wildman–Crippen MR) is 76.9 cm³/mol. The van der Waals surface area contributed by atoms with E-state index in [0.717, 1.165) is 25.7 Å². The fourth-order valence-electron chi connectivity index (χ4n) is 2.41. The van der Waals surface area contributed by atoms with E-state index in [2.05, 4.69) is 20.8 Å². The summed E-state index contributed by atoms with van der Waals surface area (Å²) in [5.41, 5.74) is 5.17. The van der Waals surface area contributed by atoms with E-state index in [9.17, 15) is 13.2 Å². The molecule has 1 saturated heterocycles. The average Bonchev–Trinajstić information content (AvgIpc) is 2.39. The van der Waals surface area contributed by atoms with E-state index in [1.165, 1.54) is 6.07 Å². The molecule has 0 saturated carbocycles. The normalized spacial score (nSPS) is 17.6. The number of piperazine rings is 1. The van der Waals surface area contributed by atoms with Gasteiger partial charge in [0.25, 0.3) is 0 Å². The molecular weight excluding hydrogens is 335 g/mol. The molecule has 1 aromatic rings. The number of halogens is 4. The Kier molecular flexibility index (Phi) is 4.93. The monoisotopic (exact) mass is 351 g/mol. The Morgan fingerprint density at radius 3 is 2.35 bits per heavy atom. The number of benzene rings is 1. The molecule has 20 heavy (non-hydrogen) atoms. The van der Waals surface area contributed by atoms with Gasteiger partial charge >= 0.3 is 6.18 Å². The lowest BCUT2D eigenvalue weighted by molar-refractivity contribution is -0.137. The zero-order chi connectivity index (χ0) is 14.8. The van der Waals surface area contributed by atoms with Gasteiger partial charge in [0.2, 0.25) is 0 Å². The molecule has 0 unspecified atom stereocenters. The lowest BCUT2D eigenvalue weighted by Crippen LogP contribution is -2.48. The van der Waals surface area contributed by atoms with Gasteiger partial charge in [-0.05, 0) is 18.2 Å². The molecule has 0 bridgehead atoms. The number of nitrogens with zero attached hydrogens (tertiary/aromatic N) is 2. The molecule has 2 N–H and O–H groups in total. The lowest BCUT2D eigenvalue weighted by Gasteiger charge is -2.37. The number of anilines is 1. The summed E-state index contributed by atoms with van der Waals surface area (Å²) < 4.78 is 39.8. The van der Waals surface area contributed by atoms with Crippen LogP contribution in [-0.2, 0) is 6.18 Å². The third-order valence-electron chi connectivity index (χ3n) is 3.42. The molecule has 0 spiro atoms. The third-order valence-corrected chi connectivity index (χ3v) is 3.92. The van der Waals surface area contributed by atoms with Gasteiger partial charge in [-0.3, -0.25) is 4.90 Å². The van der Waals surface area contributed by atoms with Gasteiger partial charge in [0.1, 0.15) is 0 Å². The topological polar surface area (TPSA) is 32.5 Å². The Balaban J connectivity index is 2.18. The van der Waals surface area contributed by atoms with Crippen molar-refractivity contribution >= 4 is 21.6 Å². The number of hydrogen-bond acceptors (Lipinski definition) is 3. The first-order valence-electron chi connectivity index (χ1n) is 6.46. The maximum atomic E-state index is 13.1. The van der Waals surface area contributed by atoms with E-state index in [-0.39, 0.29) is 5.69 Å². The molecule has 1 aliphatic rings. The molecule has 7 heteroatoms. The van der Waals surface area contributed by atoms with Crippen molar-refractivity contribution < 1.29 is 13.2 Å². The van der Waals surface area contributed by atoms with Crippen molar-refractivity contribution in [1.29, 1.82) is 0 Å². The van der Waals surface area contributed by atoms with Crippen molar-refractivity contribution in [2.75, 3.05) is 44.2 Å². The number of nitrogens with two attached hydrogens (primary N) is 1. The van der Waals surface area contributed by atoms with E-state index < -0.39 is 11.7 Å². The summed E-state index contributed by atoms with van der Waals surface area (Å²) in [5.74, 6) is 0. The molecule has 112 valence electrons. The molecule has 0 aromatic heterocycles. The van der Waals surface area contributed by atoms with Crippen LogP contribution in [0, 0.1) is 0 Å². The summed E-state index contributed by atoms with van der Waals surface area (Å²) in [5, 5.41) is 0. The zero-order valence-corrected chi connectivity index (χ0v) is 12.5. The van der Waals surface area contributed by atoms with E-state index in [1.54, 1.807) is 11.0 Å². The SMILES string of the molecule is NCCN1CCN(c2ccc(Br)cc2C(F)(F)F)CC1. The Hall–Kier alpha value is -0.790. The highest BCUT2D eigenvalue weighted by Gasteiger charge is 2.35. The minimum absolute atomic E-state index is 0.257. The zero-order valence-electron chi connectivity index (χ0n) is 11.0. The van der Waals surface area contributed by atoms with Crippen molar-refractivity contribution in [2.45, 2.75) is 6.18 Å². The van der Waals surface area contributed by atoms with Crippen molar-refractivity contribution in [3.63, 3.8) is 0 Å². The minimum atomic E-state index is -4.34. The highest BCUT2D eigenvalue weighted by atomic mass is 79.9. The van der Waals surface area contributed by atoms with E-state index in [4.69, 9.17) is 5.73 Å². The maximum Gasteiger partial charge on any atom is 0.418 e. The number of alkyl halides is 3. The largest absolute Gasteiger partial charge is 0.418 e. The quantitative estimate of drug-likeness (QED) is 0.908. The predicted octanol–water partition coefficient (Wildman–Crippen LogP) is 2.55. The summed E-state index contributed by atoms with van der Waals surface area (Å²) in [4.78, 5) is 3.96. The Morgan fingerprint density at radius 2 is 1.80 bits per heavy atom. The first kappa shape index (κ1) is 15.6. The van der Waals surface area contributed by atoms with Crippen LogP contribution in [0.2, 0.25) is 0 Å². The molecule has 1 heterocycles. The smallest absolute Gasteiger partial charge is 0.368 e. The van der Waals surface area contributed by atoms with E-state index >= 15 is 0 Å². The standard InChI is InChI=1S/C13H17BrF3N3/c14-10-1-2-12(11(9-10)13(15,16)17)20-7-5-19(4-3-18)6-8-20/h1-2,9H,3-8,18H2. The molecule has 1 fully saturated rings. The molecule has 1 aliphatic heterocycles. The Labute approximate surface area is 124 Å². The van der Waals surface area contributed by atoms with Gasteiger partial charge in [-0.1, -0.05) is 15.9 Å². The average molecular weight is 352 g/mol. The Bertz CT molecular complexity index is 457. The summed E-state index contributed by atoms with van der Waals surface area (Å²) >= 11 is 3.10. The summed E-state index contributed by atoms with van der Waals surface area (Å²) in [6.45, 7) is 4.02. The minimum Gasteiger partial charge on any atom is -0.368 e. The van der Waals surface area contributed by atoms with Gasteiger partial charge in [-0.25, -0.2) is 0 Å². The fraction of sp³-hybridized carbons (Fsp3) is 0.538. The fourth-order valence-corrected chi connectivity index (χ4v) is 2.77. The summed E-state index contributed by atoms with van der Waals surface area (Å²) in [6.07, 6.45) is -4.34. The van der Waals surface area contributed by atoms with Crippen molar-refractivity contribution in [3.05, 3.63) is 28.2 Å². The molecule has 0 atom stereocenters. The summed E-state index contributed by atoms with van der Waals surface area (Å²) in [6, 6.07) is 4.32. The van der Waals surface area contributed by atoms with Crippen molar-refractivity contribution in [2.24, 2.45) is 5.73 Å². The van der Waals surface area contributed by atoms with Crippen LogP contribution in [0.3, 0.4) is 0 Å². The van der Waals surface area contributed by atoms with Crippen LogP contribution >= 0.6 is 15.9 Å². The second-order valence-electron chi connectivity index (χ2n) is 4.78. The van der Waals surface area contributed by atoms with Crippen LogP contribution in [0.1, 0.15) is 5.56 Å². The summed E-state index contributed by atoms with van der Waals surface area (Å²) in [7, 11) is 0. The van der Waals surface area contributed by atoms with Gasteiger partial charge in [-0.2, -0.15) is 13.2 Å². The number of hydrogen-bond donors (Lipinski definition) is 1. The van der Waals surface area contributed by atoms with Crippen molar-refractivity contribution in [3.8, 4) is 0 Å². The van der Waals surface area contributed by atoms with Gasteiger partial charge in [0, 0.05) is 49.4 Å². The maximum absolute atomic E-state index is 13.1. The molecule has 3 nitrogen and oxygen atoms in total. The second kappa shape index (κ2) is 6.32. The van der Waals surface area contributed by atoms with Crippen LogP contribution in [-0.4, -0.2) is 44.2 Å². The van der Waals surface area contributed by atoms with Gasteiger partial charge in [0.15, 0.2) is 0 Å². The highest BCUT2D eigenvalue weighted by Crippen LogP contribution is 2.38. The van der Waals surface area contributed by atoms with E-state index in [0.29, 0.717) is 24.1 Å². The van der Waals surface area contributed by atoms with Gasteiger partial charge < -0.3 is 10.6 Å². The molecule has 1 aromatic carbocycles. The third kappa shape index (κ3) is 3.65. The molecule has 0 amide bonds. The second-order valence-corrected chi connectivity index (χ2v) is 5.69. The van der Waals surface area contributed by atoms with Gasteiger partial charge in [0.05, 0.1) is 5.56 Å². The molecule has 2 rings (SSSR count). The van der Waals surface area contributed by atoms with Crippen LogP contribution in [0.25, 0.3) is 0 Å². The van der Waals surface area contributed by atoms with Crippen LogP contribution in [0.4, 0.5) is 18.9 Å². The lowest BCUT2D eigenvalue weighted by atomic mass is 10.1. The molecule has 0 aliphatic carbocycles. The van der Waals surface area contributed by atoms with E-state index in [1.807, 2.05) is 0 Å². The van der Waals surface area contributed by atoms with Gasteiger partial charge in [-0.15, -0.1) is 0 Å². The van der Waals surface area contributed by atoms with Crippen LogP contribution in [0.15, 0.2) is 22.7 Å². The number of rotatable bonds is 3. The van der Waals surface area contributed by atoms with Crippen LogP contribution in [0.5, 0.6) is 0 Å². The molecule has 0 radical (unpaired) electrons.